The number of hydrogen-bond acceptors (Lipinski definition) is 3. The highest BCUT2D eigenvalue weighted by Crippen LogP contribution is 2.44. The van der Waals surface area contributed by atoms with Gasteiger partial charge in [0.15, 0.2) is 0 Å². The highest BCUT2D eigenvalue weighted by molar-refractivity contribution is 5.52. The molecule has 0 aromatic heterocycles. The van der Waals surface area contributed by atoms with E-state index in [0.717, 1.165) is 11.1 Å². The number of benzene rings is 2. The molecule has 1 fully saturated rings. The normalized spacial score (nSPS) is 20.6. The van der Waals surface area contributed by atoms with E-state index in [1.54, 1.807) is 18.2 Å². The molecule has 2 aliphatic carbocycles. The molecule has 3 heteroatoms. The van der Waals surface area contributed by atoms with Crippen LogP contribution in [-0.2, 0) is 0 Å². The molecule has 4 rings (SSSR count). The first kappa shape index (κ1) is 19.6. The number of aliphatic hydroxyl groups excluding tert-OH is 1. The highest BCUT2D eigenvalue weighted by Gasteiger charge is 2.29. The van der Waals surface area contributed by atoms with Crippen molar-refractivity contribution in [2.75, 3.05) is 0 Å². The van der Waals surface area contributed by atoms with Crippen molar-refractivity contribution in [3.05, 3.63) is 82.1 Å². The molecule has 152 valence electrons. The minimum atomic E-state index is -0.129. The van der Waals surface area contributed by atoms with Gasteiger partial charge in [0.25, 0.3) is 0 Å². The summed E-state index contributed by atoms with van der Waals surface area (Å²) in [4.78, 5) is 0. The standard InChI is InChI=1S/C26H30O3/c1-16-13-24(17(2)12-23(16)18-6-4-3-5-7-18)26(19-8-9-20(27)14-19)22-11-10-21(28)15-25(22)29/h8-15,18-19,26-29H,3-7H2,1-2H3. The van der Waals surface area contributed by atoms with Gasteiger partial charge < -0.3 is 15.3 Å². The zero-order valence-corrected chi connectivity index (χ0v) is 17.2. The van der Waals surface area contributed by atoms with Crippen LogP contribution in [0, 0.1) is 19.8 Å². The molecule has 29 heavy (non-hydrogen) atoms. The van der Waals surface area contributed by atoms with Crippen LogP contribution in [0.25, 0.3) is 0 Å². The third-order valence-corrected chi connectivity index (χ3v) is 6.62. The molecule has 2 aliphatic rings. The van der Waals surface area contributed by atoms with Gasteiger partial charge in [0.05, 0.1) is 0 Å². The maximum absolute atomic E-state index is 10.6. The van der Waals surface area contributed by atoms with Gasteiger partial charge in [0.2, 0.25) is 0 Å². The minimum Gasteiger partial charge on any atom is -0.508 e. The van der Waals surface area contributed by atoms with Crippen LogP contribution < -0.4 is 0 Å². The van der Waals surface area contributed by atoms with E-state index in [9.17, 15) is 15.3 Å². The largest absolute Gasteiger partial charge is 0.508 e. The van der Waals surface area contributed by atoms with Gasteiger partial charge in [0, 0.05) is 23.5 Å². The van der Waals surface area contributed by atoms with Crippen molar-refractivity contribution in [3.8, 4) is 11.5 Å². The Bertz CT molecular complexity index is 964. The Morgan fingerprint density at radius 3 is 2.28 bits per heavy atom. The summed E-state index contributed by atoms with van der Waals surface area (Å²) in [5.41, 5.74) is 5.89. The molecule has 0 saturated heterocycles. The average Bonchev–Trinajstić information content (AvgIpc) is 3.12. The zero-order chi connectivity index (χ0) is 20.5. The van der Waals surface area contributed by atoms with Gasteiger partial charge >= 0.3 is 0 Å². The fourth-order valence-electron chi connectivity index (χ4n) is 5.15. The summed E-state index contributed by atoms with van der Waals surface area (Å²) < 4.78 is 0. The lowest BCUT2D eigenvalue weighted by Gasteiger charge is -2.28. The van der Waals surface area contributed by atoms with Gasteiger partial charge in [-0.1, -0.05) is 43.5 Å². The Morgan fingerprint density at radius 1 is 0.862 bits per heavy atom. The summed E-state index contributed by atoms with van der Waals surface area (Å²) in [7, 11) is 0. The summed E-state index contributed by atoms with van der Waals surface area (Å²) >= 11 is 0. The summed E-state index contributed by atoms with van der Waals surface area (Å²) in [6.07, 6.45) is 12.0. The summed E-state index contributed by atoms with van der Waals surface area (Å²) in [6.45, 7) is 4.34. The van der Waals surface area contributed by atoms with Crippen LogP contribution in [0.15, 0.2) is 54.3 Å². The van der Waals surface area contributed by atoms with Crippen LogP contribution in [0.3, 0.4) is 0 Å². The van der Waals surface area contributed by atoms with Crippen LogP contribution in [0.5, 0.6) is 11.5 Å². The van der Waals surface area contributed by atoms with Crippen molar-refractivity contribution in [2.45, 2.75) is 57.8 Å². The van der Waals surface area contributed by atoms with E-state index >= 15 is 0 Å². The second kappa shape index (κ2) is 7.98. The second-order valence-corrected chi connectivity index (χ2v) is 8.65. The zero-order valence-electron chi connectivity index (χ0n) is 17.2. The first-order valence-electron chi connectivity index (χ1n) is 10.7. The maximum atomic E-state index is 10.6. The molecule has 2 aromatic rings. The molecule has 1 saturated carbocycles. The fourth-order valence-corrected chi connectivity index (χ4v) is 5.15. The highest BCUT2D eigenvalue weighted by atomic mass is 16.3. The molecule has 2 unspecified atom stereocenters. The molecule has 0 radical (unpaired) electrons. The van der Waals surface area contributed by atoms with Crippen LogP contribution in [0.4, 0.5) is 0 Å². The topological polar surface area (TPSA) is 60.7 Å². The lowest BCUT2D eigenvalue weighted by molar-refractivity contribution is 0.428. The Morgan fingerprint density at radius 2 is 1.62 bits per heavy atom. The molecular weight excluding hydrogens is 360 g/mol. The van der Waals surface area contributed by atoms with Gasteiger partial charge in [0.1, 0.15) is 17.3 Å². The third-order valence-electron chi connectivity index (χ3n) is 6.62. The fraction of sp³-hybridized carbons (Fsp3) is 0.385. The van der Waals surface area contributed by atoms with E-state index in [1.807, 2.05) is 12.2 Å². The molecule has 0 amide bonds. The summed E-state index contributed by atoms with van der Waals surface area (Å²) in [5, 5.41) is 30.3. The second-order valence-electron chi connectivity index (χ2n) is 8.65. The van der Waals surface area contributed by atoms with Crippen molar-refractivity contribution < 1.29 is 15.3 Å². The molecule has 0 bridgehead atoms. The van der Waals surface area contributed by atoms with Crippen molar-refractivity contribution in [1.29, 1.82) is 0 Å². The van der Waals surface area contributed by atoms with E-state index in [4.69, 9.17) is 0 Å². The smallest absolute Gasteiger partial charge is 0.123 e. The van der Waals surface area contributed by atoms with Gasteiger partial charge in [-0.3, -0.25) is 0 Å². The summed E-state index contributed by atoms with van der Waals surface area (Å²) in [6, 6.07) is 9.41. The molecule has 2 atom stereocenters. The van der Waals surface area contributed by atoms with E-state index < -0.39 is 0 Å². The molecule has 3 N–H and O–H groups in total. The number of allylic oxidation sites excluding steroid dienone is 3. The van der Waals surface area contributed by atoms with Crippen LogP contribution >= 0.6 is 0 Å². The Hall–Kier alpha value is -2.68. The molecule has 2 aromatic carbocycles. The predicted molar refractivity (Wildman–Crippen MR) is 117 cm³/mol. The maximum Gasteiger partial charge on any atom is 0.123 e. The number of phenols is 2. The van der Waals surface area contributed by atoms with E-state index in [0.29, 0.717) is 5.92 Å². The van der Waals surface area contributed by atoms with E-state index in [-0.39, 0.29) is 29.1 Å². The first-order valence-corrected chi connectivity index (χ1v) is 10.7. The molecule has 0 aliphatic heterocycles. The molecule has 0 heterocycles. The number of hydrogen-bond donors (Lipinski definition) is 3. The monoisotopic (exact) mass is 390 g/mol. The average molecular weight is 391 g/mol. The Labute approximate surface area is 173 Å². The first-order chi connectivity index (χ1) is 13.9. The lowest BCUT2D eigenvalue weighted by atomic mass is 9.76. The van der Waals surface area contributed by atoms with Crippen LogP contribution in [-0.4, -0.2) is 15.3 Å². The number of phenolic OH excluding ortho intramolecular Hbond substituents is 2. The van der Waals surface area contributed by atoms with Crippen molar-refractivity contribution in [3.63, 3.8) is 0 Å². The van der Waals surface area contributed by atoms with Gasteiger partial charge in [-0.25, -0.2) is 0 Å². The SMILES string of the molecule is Cc1cc(C(c2ccc(O)cc2O)C2C=CC(O)=C2)c(C)cc1C1CCCCC1. The molecule has 3 nitrogen and oxygen atoms in total. The predicted octanol–water partition coefficient (Wildman–Crippen LogP) is 6.52. The minimum absolute atomic E-state index is 0.0471. The third kappa shape index (κ3) is 3.91. The van der Waals surface area contributed by atoms with Crippen molar-refractivity contribution >= 4 is 0 Å². The number of aryl methyl sites for hydroxylation is 2. The van der Waals surface area contributed by atoms with Crippen LogP contribution in [0.2, 0.25) is 0 Å². The molecule has 0 spiro atoms. The quantitative estimate of drug-likeness (QED) is 0.557. The van der Waals surface area contributed by atoms with Gasteiger partial charge in [-0.2, -0.15) is 0 Å². The summed E-state index contributed by atoms with van der Waals surface area (Å²) in [5.74, 6) is 0.848. The Kier molecular flexibility index (Phi) is 5.40. The van der Waals surface area contributed by atoms with Gasteiger partial charge in [-0.05, 0) is 73.1 Å². The number of rotatable bonds is 4. The Balaban J connectivity index is 1.80. The van der Waals surface area contributed by atoms with Crippen molar-refractivity contribution in [1.82, 2.24) is 0 Å². The van der Waals surface area contributed by atoms with E-state index in [1.165, 1.54) is 54.9 Å². The van der Waals surface area contributed by atoms with Gasteiger partial charge in [-0.15, -0.1) is 0 Å². The van der Waals surface area contributed by atoms with Crippen LogP contribution in [0.1, 0.15) is 71.8 Å². The number of aromatic hydroxyl groups is 2. The lowest BCUT2D eigenvalue weighted by Crippen LogP contribution is -2.14. The number of aliphatic hydroxyl groups is 1. The van der Waals surface area contributed by atoms with E-state index in [2.05, 4.69) is 26.0 Å². The van der Waals surface area contributed by atoms with Crippen molar-refractivity contribution in [2.24, 2.45) is 5.92 Å². The molecular formula is C26H30O3.